The minimum atomic E-state index is -0.136. The molecule has 0 spiro atoms. The number of carbonyl (C=O) groups is 1. The summed E-state index contributed by atoms with van der Waals surface area (Å²) in [5.41, 5.74) is 4.84. The Labute approximate surface area is 159 Å². The van der Waals surface area contributed by atoms with E-state index in [4.69, 9.17) is 9.47 Å². The highest BCUT2D eigenvalue weighted by Crippen LogP contribution is 2.36. The van der Waals surface area contributed by atoms with Gasteiger partial charge >= 0.3 is 0 Å². The van der Waals surface area contributed by atoms with Crippen molar-refractivity contribution in [1.82, 2.24) is 0 Å². The lowest BCUT2D eigenvalue weighted by molar-refractivity contribution is -0.113. The Morgan fingerprint density at radius 3 is 2.96 bits per heavy atom. The second-order valence-electron chi connectivity index (χ2n) is 6.69. The summed E-state index contributed by atoms with van der Waals surface area (Å²) in [5.74, 6) is 1.28. The summed E-state index contributed by atoms with van der Waals surface area (Å²) < 4.78 is 11.4. The van der Waals surface area contributed by atoms with Crippen molar-refractivity contribution in [3.8, 4) is 11.5 Å². The van der Waals surface area contributed by atoms with Gasteiger partial charge in [0, 0.05) is 30.0 Å². The fourth-order valence-corrected chi connectivity index (χ4v) is 3.64. The van der Waals surface area contributed by atoms with Gasteiger partial charge in [-0.05, 0) is 50.1 Å². The highest BCUT2D eigenvalue weighted by molar-refractivity contribution is 6.07. The van der Waals surface area contributed by atoms with E-state index in [2.05, 4.69) is 29.3 Å². The molecule has 0 radical (unpaired) electrons. The molecule has 1 amide bonds. The molecule has 27 heavy (non-hydrogen) atoms. The molecule has 0 saturated heterocycles. The van der Waals surface area contributed by atoms with Crippen LogP contribution in [0.1, 0.15) is 25.0 Å². The molecule has 140 valence electrons. The van der Waals surface area contributed by atoms with Crippen LogP contribution in [0.5, 0.6) is 11.5 Å². The van der Waals surface area contributed by atoms with Crippen LogP contribution in [0.3, 0.4) is 0 Å². The Morgan fingerprint density at radius 2 is 2.15 bits per heavy atom. The van der Waals surface area contributed by atoms with Gasteiger partial charge in [-0.1, -0.05) is 18.2 Å². The average Bonchev–Trinajstić information content (AvgIpc) is 3.10. The van der Waals surface area contributed by atoms with E-state index >= 15 is 0 Å². The van der Waals surface area contributed by atoms with Crippen molar-refractivity contribution in [3.63, 3.8) is 0 Å². The number of hydrogen-bond donors (Lipinski definition) is 1. The molecule has 2 aromatic rings. The molecule has 5 nitrogen and oxygen atoms in total. The summed E-state index contributed by atoms with van der Waals surface area (Å²) in [5, 5.41) is 3.01. The van der Waals surface area contributed by atoms with Gasteiger partial charge < -0.3 is 19.7 Å². The molecule has 2 aliphatic heterocycles. The zero-order chi connectivity index (χ0) is 18.8. The number of nitrogens with zero attached hydrogens (tertiary/aromatic N) is 1. The Bertz CT molecular complexity index is 904. The van der Waals surface area contributed by atoms with Gasteiger partial charge in [-0.25, -0.2) is 0 Å². The van der Waals surface area contributed by atoms with E-state index in [1.165, 1.54) is 11.3 Å². The van der Waals surface area contributed by atoms with E-state index in [0.717, 1.165) is 30.8 Å². The van der Waals surface area contributed by atoms with Crippen LogP contribution < -0.4 is 19.7 Å². The molecule has 2 aromatic carbocycles. The molecule has 2 aliphatic rings. The maximum atomic E-state index is 12.7. The lowest BCUT2D eigenvalue weighted by atomic mass is 10.1. The van der Waals surface area contributed by atoms with Crippen LogP contribution in [0.4, 0.5) is 11.4 Å². The summed E-state index contributed by atoms with van der Waals surface area (Å²) in [7, 11) is 0. The molecule has 0 aromatic heterocycles. The zero-order valence-electron chi connectivity index (χ0n) is 15.7. The van der Waals surface area contributed by atoms with Crippen molar-refractivity contribution in [2.24, 2.45) is 0 Å². The fourth-order valence-electron chi connectivity index (χ4n) is 3.64. The van der Waals surface area contributed by atoms with Crippen LogP contribution in [0, 0.1) is 0 Å². The van der Waals surface area contributed by atoms with E-state index in [-0.39, 0.29) is 12.5 Å². The Balaban J connectivity index is 1.54. The number of likely N-dealkylation sites (N-methyl/N-ethyl adjacent to an activating group) is 1. The van der Waals surface area contributed by atoms with Gasteiger partial charge in [0.25, 0.3) is 5.91 Å². The van der Waals surface area contributed by atoms with Crippen LogP contribution in [0.2, 0.25) is 0 Å². The van der Waals surface area contributed by atoms with Gasteiger partial charge in [0.2, 0.25) is 0 Å². The first-order valence-electron chi connectivity index (χ1n) is 9.48. The number of nitrogens with one attached hydrogen (secondary N) is 1. The number of benzene rings is 2. The highest BCUT2D eigenvalue weighted by atomic mass is 16.5. The van der Waals surface area contributed by atoms with Crippen molar-refractivity contribution in [1.29, 1.82) is 0 Å². The molecular weight excluding hydrogens is 340 g/mol. The molecule has 0 unspecified atom stereocenters. The molecule has 0 fully saturated rings. The van der Waals surface area contributed by atoms with Crippen LogP contribution in [0.15, 0.2) is 42.0 Å². The van der Waals surface area contributed by atoms with Gasteiger partial charge in [0.05, 0.1) is 12.2 Å². The molecule has 0 aliphatic carbocycles. The largest absolute Gasteiger partial charge is 0.490 e. The van der Waals surface area contributed by atoms with E-state index in [0.29, 0.717) is 23.7 Å². The predicted molar refractivity (Wildman–Crippen MR) is 108 cm³/mol. The van der Waals surface area contributed by atoms with Crippen LogP contribution >= 0.6 is 0 Å². The number of amides is 1. The normalized spacial score (nSPS) is 14.7. The molecular formula is C22H24N2O3. The van der Waals surface area contributed by atoms with E-state index in [1.54, 1.807) is 0 Å². The lowest BCUT2D eigenvalue weighted by Crippen LogP contribution is -2.22. The van der Waals surface area contributed by atoms with Gasteiger partial charge in [-0.3, -0.25) is 4.79 Å². The maximum absolute atomic E-state index is 12.7. The van der Waals surface area contributed by atoms with Crippen molar-refractivity contribution < 1.29 is 14.3 Å². The second-order valence-corrected chi connectivity index (χ2v) is 6.69. The topological polar surface area (TPSA) is 50.8 Å². The number of anilines is 2. The molecule has 2 heterocycles. The zero-order valence-corrected chi connectivity index (χ0v) is 15.7. The number of hydrogen-bond acceptors (Lipinski definition) is 4. The van der Waals surface area contributed by atoms with Crippen LogP contribution in [-0.2, 0) is 11.2 Å². The molecule has 0 saturated carbocycles. The number of rotatable bonds is 5. The third-order valence-electron chi connectivity index (χ3n) is 5.02. The van der Waals surface area contributed by atoms with Crippen LogP contribution in [-0.4, -0.2) is 32.2 Å². The molecule has 0 bridgehead atoms. The smallest absolute Gasteiger partial charge is 0.255 e. The van der Waals surface area contributed by atoms with Gasteiger partial charge in [-0.2, -0.15) is 0 Å². The molecule has 1 N–H and O–H groups in total. The van der Waals surface area contributed by atoms with Crippen LogP contribution in [0.25, 0.3) is 6.08 Å². The molecule has 0 atom stereocenters. The quantitative estimate of drug-likeness (QED) is 0.875. The first kappa shape index (κ1) is 17.5. The number of para-hydroxylation sites is 1. The summed E-state index contributed by atoms with van der Waals surface area (Å²) in [6.07, 6.45) is 2.94. The van der Waals surface area contributed by atoms with Gasteiger partial charge in [0.1, 0.15) is 6.61 Å². The summed E-state index contributed by atoms with van der Waals surface area (Å²) >= 11 is 0. The Hall–Kier alpha value is -2.95. The Kier molecular flexibility index (Phi) is 4.75. The number of ether oxygens (including phenoxy) is 2. The van der Waals surface area contributed by atoms with Gasteiger partial charge in [0.15, 0.2) is 11.5 Å². The number of fused-ring (bicyclic) bond motifs is 2. The second kappa shape index (κ2) is 7.35. The third kappa shape index (κ3) is 3.37. The third-order valence-corrected chi connectivity index (χ3v) is 5.02. The first-order chi connectivity index (χ1) is 13.2. The fraction of sp³-hybridized carbons (Fsp3) is 0.318. The number of carbonyl (C=O) groups excluding carboxylic acids is 1. The Morgan fingerprint density at radius 1 is 1.26 bits per heavy atom. The summed E-state index contributed by atoms with van der Waals surface area (Å²) in [4.78, 5) is 15.1. The minimum Gasteiger partial charge on any atom is -0.490 e. The SMILES string of the molecule is CCOc1cccc2c1OCC(C(=O)Nc1ccc3c(c1)N(CC)CC3)=C2. The molecule has 5 heteroatoms. The highest BCUT2D eigenvalue weighted by Gasteiger charge is 2.22. The summed E-state index contributed by atoms with van der Waals surface area (Å²) in [6.45, 7) is 6.91. The van der Waals surface area contributed by atoms with Crippen molar-refractivity contribution in [2.45, 2.75) is 20.3 Å². The molecule has 4 rings (SSSR count). The first-order valence-corrected chi connectivity index (χ1v) is 9.48. The predicted octanol–water partition coefficient (Wildman–Crippen LogP) is 3.88. The van der Waals surface area contributed by atoms with E-state index < -0.39 is 0 Å². The monoisotopic (exact) mass is 364 g/mol. The summed E-state index contributed by atoms with van der Waals surface area (Å²) in [6, 6.07) is 11.9. The lowest BCUT2D eigenvalue weighted by Gasteiger charge is -2.21. The standard InChI is InChI=1S/C22H24N2O3/c1-3-24-11-10-15-8-9-18(13-19(15)24)23-22(25)17-12-16-6-5-7-20(26-4-2)21(16)27-14-17/h5-9,12-13H,3-4,10-11,14H2,1-2H3,(H,23,25). The van der Waals surface area contributed by atoms with E-state index in [9.17, 15) is 4.79 Å². The van der Waals surface area contributed by atoms with Crippen molar-refractivity contribution in [2.75, 3.05) is 36.5 Å². The van der Waals surface area contributed by atoms with E-state index in [1.807, 2.05) is 37.3 Å². The van der Waals surface area contributed by atoms with Crippen molar-refractivity contribution >= 4 is 23.4 Å². The van der Waals surface area contributed by atoms with Crippen molar-refractivity contribution in [3.05, 3.63) is 53.1 Å². The van der Waals surface area contributed by atoms with Gasteiger partial charge in [-0.15, -0.1) is 0 Å². The maximum Gasteiger partial charge on any atom is 0.255 e. The minimum absolute atomic E-state index is 0.136. The average molecular weight is 364 g/mol.